The molecular formula is C14H14BrN3O. The number of hydrogen-bond donors (Lipinski definition) is 2. The molecule has 2 rings (SSSR count). The summed E-state index contributed by atoms with van der Waals surface area (Å²) in [6.07, 6.45) is 1.55. The van der Waals surface area contributed by atoms with Crippen LogP contribution in [0.2, 0.25) is 0 Å². The second-order valence-corrected chi connectivity index (χ2v) is 5.18. The van der Waals surface area contributed by atoms with Crippen molar-refractivity contribution in [3.63, 3.8) is 0 Å². The first kappa shape index (κ1) is 13.5. The molecule has 4 nitrogen and oxygen atoms in total. The molecule has 0 unspecified atom stereocenters. The van der Waals surface area contributed by atoms with E-state index >= 15 is 0 Å². The van der Waals surface area contributed by atoms with Crippen molar-refractivity contribution in [3.8, 4) is 0 Å². The molecule has 0 saturated carbocycles. The average Bonchev–Trinajstić information content (AvgIpc) is 2.34. The third-order valence-corrected chi connectivity index (χ3v) is 3.38. The van der Waals surface area contributed by atoms with Crippen molar-refractivity contribution < 1.29 is 4.79 Å². The summed E-state index contributed by atoms with van der Waals surface area (Å²) in [6, 6.07) is 7.29. The molecule has 1 amide bonds. The van der Waals surface area contributed by atoms with Crippen molar-refractivity contribution in [1.82, 2.24) is 4.98 Å². The van der Waals surface area contributed by atoms with Gasteiger partial charge in [-0.1, -0.05) is 6.07 Å². The van der Waals surface area contributed by atoms with Gasteiger partial charge in [0.15, 0.2) is 0 Å². The maximum Gasteiger partial charge on any atom is 0.259 e. The minimum absolute atomic E-state index is 0.223. The number of carbonyl (C=O) groups is 1. The maximum absolute atomic E-state index is 12.2. The predicted molar refractivity (Wildman–Crippen MR) is 80.2 cm³/mol. The molecule has 0 spiro atoms. The number of nitrogen functional groups attached to an aromatic ring is 1. The van der Waals surface area contributed by atoms with Gasteiger partial charge in [0.1, 0.15) is 5.82 Å². The number of hydrogen-bond acceptors (Lipinski definition) is 3. The lowest BCUT2D eigenvalue weighted by molar-refractivity contribution is 0.102. The first-order valence-electron chi connectivity index (χ1n) is 5.77. The van der Waals surface area contributed by atoms with E-state index in [1.54, 1.807) is 18.3 Å². The lowest BCUT2D eigenvalue weighted by atomic mass is 10.1. The topological polar surface area (TPSA) is 68.0 Å². The fraction of sp³-hybridized carbons (Fsp3) is 0.143. The zero-order valence-electron chi connectivity index (χ0n) is 10.7. The zero-order chi connectivity index (χ0) is 14.0. The van der Waals surface area contributed by atoms with Gasteiger partial charge in [0.25, 0.3) is 5.91 Å². The summed E-state index contributed by atoms with van der Waals surface area (Å²) in [5.74, 6) is -0.0425. The van der Waals surface area contributed by atoms with E-state index in [-0.39, 0.29) is 11.7 Å². The highest BCUT2D eigenvalue weighted by Gasteiger charge is 2.13. The Morgan fingerprint density at radius 3 is 2.74 bits per heavy atom. The van der Waals surface area contributed by atoms with Crippen LogP contribution < -0.4 is 11.1 Å². The molecule has 19 heavy (non-hydrogen) atoms. The summed E-state index contributed by atoms with van der Waals surface area (Å²) in [7, 11) is 0. The summed E-state index contributed by atoms with van der Waals surface area (Å²) >= 11 is 3.46. The van der Waals surface area contributed by atoms with E-state index in [1.807, 2.05) is 26.0 Å². The molecule has 5 heteroatoms. The summed E-state index contributed by atoms with van der Waals surface area (Å²) in [5, 5.41) is 2.86. The lowest BCUT2D eigenvalue weighted by Gasteiger charge is -2.12. The molecule has 1 heterocycles. The van der Waals surface area contributed by atoms with Gasteiger partial charge in [0.2, 0.25) is 0 Å². The number of amides is 1. The number of nitrogens with zero attached hydrogens (tertiary/aromatic N) is 1. The maximum atomic E-state index is 12.2. The molecule has 98 valence electrons. The van der Waals surface area contributed by atoms with Crippen LogP contribution in [0.1, 0.15) is 21.5 Å². The standard InChI is InChI=1S/C14H14BrN3O/c1-8-6-9(2)12(11(15)7-8)18-14(19)10-4-3-5-17-13(10)16/h3-7H,1-2H3,(H2,16,17)(H,18,19). The Morgan fingerprint density at radius 2 is 2.11 bits per heavy atom. The Hall–Kier alpha value is -1.88. The number of carbonyl (C=O) groups excluding carboxylic acids is 1. The summed E-state index contributed by atoms with van der Waals surface area (Å²) in [6.45, 7) is 3.95. The Balaban J connectivity index is 2.32. The third kappa shape index (κ3) is 2.93. The number of pyridine rings is 1. The average molecular weight is 320 g/mol. The van der Waals surface area contributed by atoms with Crippen molar-refractivity contribution in [2.75, 3.05) is 11.1 Å². The minimum Gasteiger partial charge on any atom is -0.383 e. The number of aromatic nitrogens is 1. The number of nitrogens with one attached hydrogen (secondary N) is 1. The third-order valence-electron chi connectivity index (χ3n) is 2.75. The van der Waals surface area contributed by atoms with Gasteiger partial charge >= 0.3 is 0 Å². The normalized spacial score (nSPS) is 10.3. The molecule has 0 aliphatic carbocycles. The van der Waals surface area contributed by atoms with Gasteiger partial charge in [0.05, 0.1) is 11.3 Å². The Bertz CT molecular complexity index is 617. The molecule has 0 bridgehead atoms. The van der Waals surface area contributed by atoms with Gasteiger partial charge in [0, 0.05) is 10.7 Å². The molecule has 0 fully saturated rings. The number of aryl methyl sites for hydroxylation is 2. The van der Waals surface area contributed by atoms with Gasteiger partial charge in [-0.3, -0.25) is 4.79 Å². The molecule has 0 saturated heterocycles. The number of halogens is 1. The molecule has 1 aromatic heterocycles. The summed E-state index contributed by atoms with van der Waals surface area (Å²) < 4.78 is 0.848. The summed E-state index contributed by atoms with van der Waals surface area (Å²) in [5.41, 5.74) is 8.93. The zero-order valence-corrected chi connectivity index (χ0v) is 12.3. The summed E-state index contributed by atoms with van der Waals surface area (Å²) in [4.78, 5) is 16.1. The van der Waals surface area contributed by atoms with E-state index in [9.17, 15) is 4.79 Å². The van der Waals surface area contributed by atoms with Crippen LogP contribution in [0.3, 0.4) is 0 Å². The number of anilines is 2. The van der Waals surface area contributed by atoms with Gasteiger partial charge in [-0.15, -0.1) is 0 Å². The SMILES string of the molecule is Cc1cc(C)c(NC(=O)c2cccnc2N)c(Br)c1. The van der Waals surface area contributed by atoms with Crippen LogP contribution in [0.5, 0.6) is 0 Å². The van der Waals surface area contributed by atoms with Crippen LogP contribution in [0.4, 0.5) is 11.5 Å². The molecule has 0 radical (unpaired) electrons. The fourth-order valence-corrected chi connectivity index (χ4v) is 2.64. The highest BCUT2D eigenvalue weighted by atomic mass is 79.9. The highest BCUT2D eigenvalue weighted by molar-refractivity contribution is 9.10. The van der Waals surface area contributed by atoms with Crippen molar-refractivity contribution >= 4 is 33.3 Å². The van der Waals surface area contributed by atoms with E-state index in [0.717, 1.165) is 21.3 Å². The Kier molecular flexibility index (Phi) is 3.85. The largest absolute Gasteiger partial charge is 0.383 e. The Labute approximate surface area is 120 Å². The molecule has 0 atom stereocenters. The Morgan fingerprint density at radius 1 is 1.37 bits per heavy atom. The van der Waals surface area contributed by atoms with Crippen LogP contribution in [0, 0.1) is 13.8 Å². The van der Waals surface area contributed by atoms with E-state index in [0.29, 0.717) is 5.56 Å². The van der Waals surface area contributed by atoms with E-state index in [4.69, 9.17) is 5.73 Å². The second kappa shape index (κ2) is 5.40. The van der Waals surface area contributed by atoms with Crippen LogP contribution in [0.15, 0.2) is 34.9 Å². The molecule has 0 aliphatic rings. The van der Waals surface area contributed by atoms with Crippen LogP contribution in [0.25, 0.3) is 0 Å². The molecule has 2 aromatic rings. The molecule has 0 aliphatic heterocycles. The van der Waals surface area contributed by atoms with Crippen molar-refractivity contribution in [2.24, 2.45) is 0 Å². The second-order valence-electron chi connectivity index (χ2n) is 4.33. The smallest absolute Gasteiger partial charge is 0.259 e. The quantitative estimate of drug-likeness (QED) is 0.892. The van der Waals surface area contributed by atoms with E-state index < -0.39 is 0 Å². The number of rotatable bonds is 2. The van der Waals surface area contributed by atoms with Gasteiger partial charge in [-0.2, -0.15) is 0 Å². The number of benzene rings is 1. The van der Waals surface area contributed by atoms with Crippen LogP contribution >= 0.6 is 15.9 Å². The first-order valence-corrected chi connectivity index (χ1v) is 6.57. The lowest BCUT2D eigenvalue weighted by Crippen LogP contribution is -2.15. The van der Waals surface area contributed by atoms with Crippen LogP contribution in [-0.4, -0.2) is 10.9 Å². The fourth-order valence-electron chi connectivity index (χ4n) is 1.86. The van der Waals surface area contributed by atoms with E-state index in [1.165, 1.54) is 0 Å². The van der Waals surface area contributed by atoms with Gasteiger partial charge in [-0.05, 0) is 59.1 Å². The van der Waals surface area contributed by atoms with Crippen LogP contribution in [-0.2, 0) is 0 Å². The minimum atomic E-state index is -0.266. The van der Waals surface area contributed by atoms with Crippen molar-refractivity contribution in [2.45, 2.75) is 13.8 Å². The highest BCUT2D eigenvalue weighted by Crippen LogP contribution is 2.28. The van der Waals surface area contributed by atoms with Crippen molar-refractivity contribution in [1.29, 1.82) is 0 Å². The molecule has 1 aromatic carbocycles. The van der Waals surface area contributed by atoms with Gasteiger partial charge in [-0.25, -0.2) is 4.98 Å². The van der Waals surface area contributed by atoms with Gasteiger partial charge < -0.3 is 11.1 Å². The number of nitrogens with two attached hydrogens (primary N) is 1. The van der Waals surface area contributed by atoms with Crippen molar-refractivity contribution in [3.05, 3.63) is 51.6 Å². The predicted octanol–water partition coefficient (Wildman–Crippen LogP) is 3.30. The van der Waals surface area contributed by atoms with E-state index in [2.05, 4.69) is 26.2 Å². The molecular weight excluding hydrogens is 306 g/mol. The first-order chi connectivity index (χ1) is 8.99. The monoisotopic (exact) mass is 319 g/mol. The molecule has 3 N–H and O–H groups in total.